The summed E-state index contributed by atoms with van der Waals surface area (Å²) < 4.78 is 0. The summed E-state index contributed by atoms with van der Waals surface area (Å²) in [4.78, 5) is 20.7. The fourth-order valence-electron chi connectivity index (χ4n) is 3.55. The number of nitrogens with zero attached hydrogens (tertiary/aromatic N) is 4. The first-order valence-electron chi connectivity index (χ1n) is 8.81. The fraction of sp³-hybridized carbons (Fsp3) is 0.611. The third-order valence-corrected chi connectivity index (χ3v) is 5.51. The van der Waals surface area contributed by atoms with Gasteiger partial charge in [0.25, 0.3) is 0 Å². The Hall–Kier alpha value is -1.84. The Morgan fingerprint density at radius 2 is 2.20 bits per heavy atom. The molecule has 1 atom stereocenters. The van der Waals surface area contributed by atoms with E-state index in [2.05, 4.69) is 28.2 Å². The van der Waals surface area contributed by atoms with Crippen LogP contribution >= 0.6 is 11.6 Å². The number of aromatic nitrogens is 1. The number of carbonyl (C=O) groups is 1. The largest absolute Gasteiger partial charge is 0.356 e. The Bertz CT molecular complexity index is 648. The van der Waals surface area contributed by atoms with Gasteiger partial charge in [0.1, 0.15) is 11.9 Å². The summed E-state index contributed by atoms with van der Waals surface area (Å²) in [7, 11) is 0. The maximum absolute atomic E-state index is 12.4. The zero-order chi connectivity index (χ0) is 17.9. The molecule has 134 valence electrons. The number of likely N-dealkylation sites (tertiary alicyclic amines) is 1. The predicted molar refractivity (Wildman–Crippen MR) is 97.4 cm³/mol. The number of halogens is 1. The van der Waals surface area contributed by atoms with Crippen molar-refractivity contribution in [3.05, 3.63) is 23.4 Å². The minimum atomic E-state index is -0.250. The van der Waals surface area contributed by atoms with Gasteiger partial charge in [-0.1, -0.05) is 11.6 Å². The van der Waals surface area contributed by atoms with Gasteiger partial charge in [0.05, 0.1) is 17.6 Å². The molecule has 2 fully saturated rings. The molecular formula is C18H24ClN5O. The van der Waals surface area contributed by atoms with Crippen molar-refractivity contribution in [3.8, 4) is 6.07 Å². The van der Waals surface area contributed by atoms with Gasteiger partial charge in [-0.25, -0.2) is 4.98 Å². The maximum Gasteiger partial charge on any atom is 0.237 e. The number of nitrogens with one attached hydrogen (secondary N) is 1. The lowest BCUT2D eigenvalue weighted by Crippen LogP contribution is -2.54. The van der Waals surface area contributed by atoms with E-state index < -0.39 is 0 Å². The van der Waals surface area contributed by atoms with Gasteiger partial charge < -0.3 is 15.1 Å². The van der Waals surface area contributed by atoms with Crippen LogP contribution in [0.4, 0.5) is 5.82 Å². The van der Waals surface area contributed by atoms with E-state index in [1.807, 2.05) is 12.1 Å². The molecule has 0 saturated carbocycles. The molecule has 0 spiro atoms. The summed E-state index contributed by atoms with van der Waals surface area (Å²) in [6, 6.07) is 5.77. The topological polar surface area (TPSA) is 72.3 Å². The van der Waals surface area contributed by atoms with Crippen LogP contribution in [0.1, 0.15) is 32.6 Å². The Kier molecular flexibility index (Phi) is 5.45. The first-order chi connectivity index (χ1) is 12.0. The van der Waals surface area contributed by atoms with Crippen molar-refractivity contribution >= 4 is 23.3 Å². The van der Waals surface area contributed by atoms with Gasteiger partial charge in [-0.15, -0.1) is 0 Å². The van der Waals surface area contributed by atoms with Crippen molar-refractivity contribution in [2.45, 2.75) is 44.2 Å². The van der Waals surface area contributed by atoms with Crippen LogP contribution in [-0.4, -0.2) is 53.6 Å². The van der Waals surface area contributed by atoms with Crippen LogP contribution in [0.15, 0.2) is 18.3 Å². The number of rotatable bonds is 4. The molecular weight excluding hydrogens is 338 g/mol. The highest BCUT2D eigenvalue weighted by molar-refractivity contribution is 6.30. The highest BCUT2D eigenvalue weighted by Gasteiger charge is 2.33. The summed E-state index contributed by atoms with van der Waals surface area (Å²) >= 11 is 5.89. The van der Waals surface area contributed by atoms with E-state index >= 15 is 0 Å². The third-order valence-electron chi connectivity index (χ3n) is 5.29. The highest BCUT2D eigenvalue weighted by atomic mass is 35.5. The molecule has 3 heterocycles. The monoisotopic (exact) mass is 361 g/mol. The minimum Gasteiger partial charge on any atom is -0.356 e. The molecule has 0 bridgehead atoms. The van der Waals surface area contributed by atoms with Crippen molar-refractivity contribution < 1.29 is 4.79 Å². The molecule has 25 heavy (non-hydrogen) atoms. The number of anilines is 1. The normalized spacial score (nSPS) is 22.7. The van der Waals surface area contributed by atoms with Crippen LogP contribution in [0.3, 0.4) is 0 Å². The molecule has 1 aromatic heterocycles. The number of hydrogen-bond donors (Lipinski definition) is 1. The zero-order valence-electron chi connectivity index (χ0n) is 14.5. The van der Waals surface area contributed by atoms with Crippen molar-refractivity contribution in [1.29, 1.82) is 5.26 Å². The second-order valence-electron chi connectivity index (χ2n) is 7.11. The molecule has 0 aromatic carbocycles. The summed E-state index contributed by atoms with van der Waals surface area (Å²) in [6.07, 6.45) is 5.26. The summed E-state index contributed by atoms with van der Waals surface area (Å²) in [5, 5.41) is 13.2. The first kappa shape index (κ1) is 18.0. The molecule has 7 heteroatoms. The van der Waals surface area contributed by atoms with Crippen molar-refractivity contribution in [2.75, 3.05) is 31.1 Å². The van der Waals surface area contributed by atoms with Gasteiger partial charge in [-0.05, 0) is 44.7 Å². The zero-order valence-corrected chi connectivity index (χ0v) is 15.3. The molecule has 2 saturated heterocycles. The Morgan fingerprint density at radius 3 is 2.84 bits per heavy atom. The summed E-state index contributed by atoms with van der Waals surface area (Å²) in [6.45, 7) is 4.94. The van der Waals surface area contributed by atoms with Crippen LogP contribution in [-0.2, 0) is 4.79 Å². The quantitative estimate of drug-likeness (QED) is 0.890. The fourth-order valence-corrected chi connectivity index (χ4v) is 3.66. The van der Waals surface area contributed by atoms with Crippen LogP contribution in [0.5, 0.6) is 0 Å². The molecule has 2 aliphatic rings. The number of piperidine rings is 1. The van der Waals surface area contributed by atoms with E-state index in [0.29, 0.717) is 18.1 Å². The summed E-state index contributed by atoms with van der Waals surface area (Å²) in [5.41, 5.74) is -0.0690. The minimum absolute atomic E-state index is 0.0343. The van der Waals surface area contributed by atoms with Gasteiger partial charge in [0.2, 0.25) is 5.91 Å². The SMILES string of the molecule is CC1(NCC(=O)N2CCC[C@H]2C#N)CCN(c2ccc(Cl)cn2)CC1. The standard InChI is InChI=1S/C18H24ClN5O/c1-18(22-13-17(25)24-8-2-3-15(24)11-20)6-9-23(10-7-18)16-5-4-14(19)12-21-16/h4-5,12,15,22H,2-3,6-10,13H2,1H3/t15-/m0/s1. The maximum atomic E-state index is 12.4. The lowest BCUT2D eigenvalue weighted by molar-refractivity contribution is -0.130. The molecule has 1 amide bonds. The van der Waals surface area contributed by atoms with E-state index in [9.17, 15) is 4.79 Å². The van der Waals surface area contributed by atoms with Crippen molar-refractivity contribution in [2.24, 2.45) is 0 Å². The van der Waals surface area contributed by atoms with Gasteiger partial charge in [-0.3, -0.25) is 4.79 Å². The van der Waals surface area contributed by atoms with Crippen LogP contribution in [0, 0.1) is 11.3 Å². The molecule has 0 radical (unpaired) electrons. The lowest BCUT2D eigenvalue weighted by atomic mass is 9.89. The van der Waals surface area contributed by atoms with Crippen LogP contribution in [0.25, 0.3) is 0 Å². The number of pyridine rings is 1. The van der Waals surface area contributed by atoms with Crippen molar-refractivity contribution in [1.82, 2.24) is 15.2 Å². The Labute approximate surface area is 153 Å². The number of nitriles is 1. The van der Waals surface area contributed by atoms with Gasteiger partial charge in [0.15, 0.2) is 0 Å². The molecule has 0 unspecified atom stereocenters. The number of hydrogen-bond acceptors (Lipinski definition) is 5. The van der Waals surface area contributed by atoms with Gasteiger partial charge >= 0.3 is 0 Å². The van der Waals surface area contributed by atoms with E-state index in [4.69, 9.17) is 16.9 Å². The second kappa shape index (κ2) is 7.59. The van der Waals surface area contributed by atoms with E-state index in [0.717, 1.165) is 44.6 Å². The summed E-state index contributed by atoms with van der Waals surface area (Å²) in [5.74, 6) is 0.975. The highest BCUT2D eigenvalue weighted by Crippen LogP contribution is 2.25. The lowest BCUT2D eigenvalue weighted by Gasteiger charge is -2.40. The average Bonchev–Trinajstić information content (AvgIpc) is 3.10. The van der Waals surface area contributed by atoms with Crippen molar-refractivity contribution in [3.63, 3.8) is 0 Å². The molecule has 0 aliphatic carbocycles. The Morgan fingerprint density at radius 1 is 1.44 bits per heavy atom. The first-order valence-corrected chi connectivity index (χ1v) is 9.19. The van der Waals surface area contributed by atoms with Gasteiger partial charge in [0, 0.05) is 31.4 Å². The average molecular weight is 362 g/mol. The number of amides is 1. The van der Waals surface area contributed by atoms with Gasteiger partial charge in [-0.2, -0.15) is 5.26 Å². The van der Waals surface area contributed by atoms with E-state index in [-0.39, 0.29) is 17.5 Å². The Balaban J connectivity index is 1.50. The van der Waals surface area contributed by atoms with E-state index in [1.165, 1.54) is 0 Å². The molecule has 1 aromatic rings. The second-order valence-corrected chi connectivity index (χ2v) is 7.55. The predicted octanol–water partition coefficient (Wildman–Crippen LogP) is 2.20. The number of carbonyl (C=O) groups excluding carboxylic acids is 1. The van der Waals surface area contributed by atoms with Crippen LogP contribution < -0.4 is 10.2 Å². The molecule has 3 rings (SSSR count). The smallest absolute Gasteiger partial charge is 0.237 e. The van der Waals surface area contributed by atoms with Crippen LogP contribution in [0.2, 0.25) is 5.02 Å². The third kappa shape index (κ3) is 4.23. The molecule has 2 aliphatic heterocycles. The molecule has 1 N–H and O–H groups in total. The van der Waals surface area contributed by atoms with E-state index in [1.54, 1.807) is 11.1 Å². The molecule has 6 nitrogen and oxygen atoms in total.